The van der Waals surface area contributed by atoms with Gasteiger partial charge in [-0.15, -0.1) is 0 Å². The van der Waals surface area contributed by atoms with Crippen molar-refractivity contribution < 1.29 is 4.79 Å². The van der Waals surface area contributed by atoms with Crippen LogP contribution in [0.3, 0.4) is 0 Å². The highest BCUT2D eigenvalue weighted by atomic mass is 16.2. The Kier molecular flexibility index (Phi) is 4.31. The Bertz CT molecular complexity index is 295. The van der Waals surface area contributed by atoms with Gasteiger partial charge >= 0.3 is 0 Å². The lowest BCUT2D eigenvalue weighted by Gasteiger charge is -2.36. The largest absolute Gasteiger partial charge is 0.342 e. The fourth-order valence-corrected chi connectivity index (χ4v) is 3.41. The molecule has 2 rings (SSSR count). The Balaban J connectivity index is 2.09. The van der Waals surface area contributed by atoms with E-state index in [0.717, 1.165) is 38.5 Å². The third-order valence-electron chi connectivity index (χ3n) is 5.02. The fourth-order valence-electron chi connectivity index (χ4n) is 3.41. The minimum Gasteiger partial charge on any atom is -0.342 e. The van der Waals surface area contributed by atoms with E-state index in [9.17, 15) is 4.79 Å². The number of amides is 1. The Morgan fingerprint density at radius 3 is 2.72 bits per heavy atom. The van der Waals surface area contributed by atoms with Crippen molar-refractivity contribution in [2.75, 3.05) is 26.2 Å². The van der Waals surface area contributed by atoms with Gasteiger partial charge in [-0.2, -0.15) is 0 Å². The highest BCUT2D eigenvalue weighted by molar-refractivity contribution is 5.83. The maximum Gasteiger partial charge on any atom is 0.230 e. The van der Waals surface area contributed by atoms with Gasteiger partial charge in [0.1, 0.15) is 0 Å². The highest BCUT2D eigenvalue weighted by Gasteiger charge is 2.45. The summed E-state index contributed by atoms with van der Waals surface area (Å²) in [5, 5.41) is 3.39. The van der Waals surface area contributed by atoms with Crippen LogP contribution in [0.15, 0.2) is 0 Å². The van der Waals surface area contributed by atoms with Crippen molar-refractivity contribution in [1.82, 2.24) is 10.2 Å². The molecule has 0 bridgehead atoms. The van der Waals surface area contributed by atoms with Crippen molar-refractivity contribution in [3.05, 3.63) is 0 Å². The predicted molar refractivity (Wildman–Crippen MR) is 74.4 cm³/mol. The van der Waals surface area contributed by atoms with E-state index in [4.69, 9.17) is 0 Å². The third kappa shape index (κ3) is 2.56. The molecule has 0 aromatic rings. The van der Waals surface area contributed by atoms with E-state index in [-0.39, 0.29) is 5.41 Å². The van der Waals surface area contributed by atoms with Crippen molar-refractivity contribution in [1.29, 1.82) is 0 Å². The molecule has 18 heavy (non-hydrogen) atoms. The van der Waals surface area contributed by atoms with Gasteiger partial charge in [0.05, 0.1) is 5.41 Å². The van der Waals surface area contributed by atoms with Gasteiger partial charge < -0.3 is 10.2 Å². The number of rotatable bonds is 2. The number of nitrogens with one attached hydrogen (secondary N) is 1. The van der Waals surface area contributed by atoms with Crippen LogP contribution in [0.2, 0.25) is 0 Å². The first-order chi connectivity index (χ1) is 8.56. The normalized spacial score (nSPS) is 33.8. The van der Waals surface area contributed by atoms with E-state index >= 15 is 0 Å². The van der Waals surface area contributed by atoms with Crippen LogP contribution in [0.25, 0.3) is 0 Å². The molecule has 2 saturated heterocycles. The van der Waals surface area contributed by atoms with Crippen LogP contribution in [-0.4, -0.2) is 37.0 Å². The molecule has 2 heterocycles. The highest BCUT2D eigenvalue weighted by Crippen LogP contribution is 2.36. The van der Waals surface area contributed by atoms with E-state index in [1.165, 1.54) is 19.3 Å². The van der Waals surface area contributed by atoms with Gasteiger partial charge in [-0.1, -0.05) is 20.8 Å². The summed E-state index contributed by atoms with van der Waals surface area (Å²) < 4.78 is 0. The molecule has 3 nitrogen and oxygen atoms in total. The van der Waals surface area contributed by atoms with Gasteiger partial charge in [-0.3, -0.25) is 4.79 Å². The van der Waals surface area contributed by atoms with Gasteiger partial charge in [-0.25, -0.2) is 0 Å². The van der Waals surface area contributed by atoms with E-state index < -0.39 is 0 Å². The molecule has 2 aliphatic heterocycles. The standard InChI is InChI=1S/C15H28N2O/c1-12(2)15(7-8-16-11-15)14(18)17-9-4-5-13(3)6-10-17/h12-13,16H,4-11H2,1-3H3. The number of nitrogens with zero attached hydrogens (tertiary/aromatic N) is 1. The summed E-state index contributed by atoms with van der Waals surface area (Å²) >= 11 is 0. The summed E-state index contributed by atoms with van der Waals surface area (Å²) in [4.78, 5) is 15.1. The summed E-state index contributed by atoms with van der Waals surface area (Å²) in [6, 6.07) is 0. The first kappa shape index (κ1) is 13.9. The van der Waals surface area contributed by atoms with Gasteiger partial charge in [-0.05, 0) is 44.1 Å². The van der Waals surface area contributed by atoms with Gasteiger partial charge in [0.2, 0.25) is 5.91 Å². The molecule has 0 saturated carbocycles. The fraction of sp³-hybridized carbons (Fsp3) is 0.933. The molecule has 0 radical (unpaired) electrons. The molecule has 2 atom stereocenters. The smallest absolute Gasteiger partial charge is 0.230 e. The van der Waals surface area contributed by atoms with E-state index in [1.54, 1.807) is 0 Å². The zero-order valence-electron chi connectivity index (χ0n) is 12.2. The van der Waals surface area contributed by atoms with Crippen LogP contribution < -0.4 is 5.32 Å². The molecule has 3 heteroatoms. The molecule has 1 amide bonds. The number of carbonyl (C=O) groups excluding carboxylic acids is 1. The molecule has 0 spiro atoms. The summed E-state index contributed by atoms with van der Waals surface area (Å²) in [6.45, 7) is 10.5. The van der Waals surface area contributed by atoms with Crippen molar-refractivity contribution in [2.45, 2.75) is 46.5 Å². The molecular weight excluding hydrogens is 224 g/mol. The van der Waals surface area contributed by atoms with E-state index in [2.05, 4.69) is 31.0 Å². The molecule has 2 unspecified atom stereocenters. The van der Waals surface area contributed by atoms with E-state index in [1.807, 2.05) is 0 Å². The third-order valence-corrected chi connectivity index (χ3v) is 5.02. The molecule has 2 aliphatic rings. The van der Waals surface area contributed by atoms with Gasteiger partial charge in [0.15, 0.2) is 0 Å². The second kappa shape index (κ2) is 5.60. The Labute approximate surface area is 111 Å². The number of hydrogen-bond donors (Lipinski definition) is 1. The summed E-state index contributed by atoms with van der Waals surface area (Å²) in [5.74, 6) is 1.62. The van der Waals surface area contributed by atoms with Crippen LogP contribution in [0, 0.1) is 17.3 Å². The summed E-state index contributed by atoms with van der Waals surface area (Å²) in [6.07, 6.45) is 4.63. The van der Waals surface area contributed by atoms with E-state index in [0.29, 0.717) is 11.8 Å². The van der Waals surface area contributed by atoms with Gasteiger partial charge in [0, 0.05) is 19.6 Å². The second-order valence-electron chi connectivity index (χ2n) is 6.57. The van der Waals surface area contributed by atoms with Crippen LogP contribution >= 0.6 is 0 Å². The average Bonchev–Trinajstić information content (AvgIpc) is 2.74. The zero-order valence-corrected chi connectivity index (χ0v) is 12.2. The lowest BCUT2D eigenvalue weighted by Crippen LogP contribution is -2.48. The van der Waals surface area contributed by atoms with Crippen molar-refractivity contribution in [3.63, 3.8) is 0 Å². The van der Waals surface area contributed by atoms with Crippen LogP contribution in [0.5, 0.6) is 0 Å². The van der Waals surface area contributed by atoms with Crippen molar-refractivity contribution >= 4 is 5.91 Å². The monoisotopic (exact) mass is 252 g/mol. The zero-order chi connectivity index (χ0) is 13.2. The van der Waals surface area contributed by atoms with Crippen LogP contribution in [0.4, 0.5) is 0 Å². The molecule has 104 valence electrons. The van der Waals surface area contributed by atoms with Gasteiger partial charge in [0.25, 0.3) is 0 Å². The van der Waals surface area contributed by atoms with Crippen LogP contribution in [-0.2, 0) is 4.79 Å². The molecule has 2 fully saturated rings. The number of hydrogen-bond acceptors (Lipinski definition) is 2. The molecule has 0 aromatic heterocycles. The first-order valence-corrected chi connectivity index (χ1v) is 7.56. The maximum absolute atomic E-state index is 12.9. The topological polar surface area (TPSA) is 32.3 Å². The summed E-state index contributed by atoms with van der Waals surface area (Å²) in [7, 11) is 0. The van der Waals surface area contributed by atoms with Crippen molar-refractivity contribution in [3.8, 4) is 0 Å². The minimum atomic E-state index is -0.131. The lowest BCUT2D eigenvalue weighted by atomic mass is 9.75. The quantitative estimate of drug-likeness (QED) is 0.817. The second-order valence-corrected chi connectivity index (χ2v) is 6.57. The first-order valence-electron chi connectivity index (χ1n) is 7.56. The Morgan fingerprint density at radius 2 is 2.11 bits per heavy atom. The SMILES string of the molecule is CC1CCCN(C(=O)C2(C(C)C)CCNC2)CC1. The Hall–Kier alpha value is -0.570. The number of carbonyl (C=O) groups is 1. The minimum absolute atomic E-state index is 0.131. The Morgan fingerprint density at radius 1 is 1.33 bits per heavy atom. The maximum atomic E-state index is 12.9. The molecule has 0 aromatic carbocycles. The van der Waals surface area contributed by atoms with Crippen molar-refractivity contribution in [2.24, 2.45) is 17.3 Å². The molecule has 1 N–H and O–H groups in total. The molecular formula is C15H28N2O. The average molecular weight is 252 g/mol. The number of likely N-dealkylation sites (tertiary alicyclic amines) is 1. The predicted octanol–water partition coefficient (Wildman–Crippen LogP) is 2.27. The lowest BCUT2D eigenvalue weighted by molar-refractivity contribution is -0.143. The molecule has 0 aliphatic carbocycles. The summed E-state index contributed by atoms with van der Waals surface area (Å²) in [5.41, 5.74) is -0.131. The van der Waals surface area contributed by atoms with Crippen LogP contribution in [0.1, 0.15) is 46.5 Å².